The lowest BCUT2D eigenvalue weighted by Crippen LogP contribution is -2.38. The van der Waals surface area contributed by atoms with Crippen LogP contribution in [0.1, 0.15) is 57.6 Å². The average molecular weight is 288 g/mol. The normalized spacial score (nSPS) is 17.2. The minimum atomic E-state index is 0.194. The van der Waals surface area contributed by atoms with Gasteiger partial charge in [-0.3, -0.25) is 0 Å². The van der Waals surface area contributed by atoms with Crippen LogP contribution in [0.5, 0.6) is 0 Å². The number of hydrogen-bond acceptors (Lipinski definition) is 2. The number of rotatable bonds is 7. The smallest absolute Gasteiger partial charge is 0.0230 e. The van der Waals surface area contributed by atoms with Gasteiger partial charge in [-0.25, -0.2) is 0 Å². The summed E-state index contributed by atoms with van der Waals surface area (Å²) in [6.45, 7) is 12.3. The third-order valence-corrected chi connectivity index (χ3v) is 4.21. The van der Waals surface area contributed by atoms with Crippen LogP contribution in [0.15, 0.2) is 24.3 Å². The molecule has 0 aromatic heterocycles. The van der Waals surface area contributed by atoms with E-state index >= 15 is 0 Å². The van der Waals surface area contributed by atoms with Crippen LogP contribution in [0.4, 0.5) is 0 Å². The topological polar surface area (TPSA) is 15.3 Å². The van der Waals surface area contributed by atoms with E-state index in [0.29, 0.717) is 5.92 Å². The summed E-state index contributed by atoms with van der Waals surface area (Å²) in [5.74, 6) is 1.53. The van der Waals surface area contributed by atoms with Crippen LogP contribution in [0.3, 0.4) is 0 Å². The number of nitrogens with zero attached hydrogens (tertiary/aromatic N) is 1. The van der Waals surface area contributed by atoms with Crippen LogP contribution in [0.2, 0.25) is 0 Å². The third kappa shape index (κ3) is 6.19. The molecule has 1 N–H and O–H groups in total. The molecular weight excluding hydrogens is 256 g/mol. The van der Waals surface area contributed by atoms with E-state index in [1.807, 2.05) is 0 Å². The summed E-state index contributed by atoms with van der Waals surface area (Å²) < 4.78 is 0. The zero-order valence-electron chi connectivity index (χ0n) is 14.4. The molecule has 118 valence electrons. The molecule has 1 aliphatic carbocycles. The van der Waals surface area contributed by atoms with Crippen LogP contribution in [-0.4, -0.2) is 30.6 Å². The minimum absolute atomic E-state index is 0.194. The fraction of sp³-hybridized carbons (Fsp3) is 0.684. The molecule has 2 nitrogen and oxygen atoms in total. The van der Waals surface area contributed by atoms with Crippen molar-refractivity contribution in [3.05, 3.63) is 35.4 Å². The lowest BCUT2D eigenvalue weighted by atomic mass is 9.98. The van der Waals surface area contributed by atoms with Crippen LogP contribution < -0.4 is 5.32 Å². The molecule has 1 aromatic carbocycles. The van der Waals surface area contributed by atoms with E-state index in [1.165, 1.54) is 30.5 Å². The molecule has 1 aliphatic rings. The summed E-state index contributed by atoms with van der Waals surface area (Å²) in [5.41, 5.74) is 3.05. The zero-order chi connectivity index (χ0) is 15.5. The van der Waals surface area contributed by atoms with E-state index in [-0.39, 0.29) is 5.54 Å². The Hall–Kier alpha value is -0.860. The summed E-state index contributed by atoms with van der Waals surface area (Å²) in [4.78, 5) is 2.46. The molecule has 0 bridgehead atoms. The molecule has 0 heterocycles. The second kappa shape index (κ2) is 6.93. The molecule has 1 atom stereocenters. The highest BCUT2D eigenvalue weighted by Gasteiger charge is 2.22. The predicted molar refractivity (Wildman–Crippen MR) is 91.7 cm³/mol. The lowest BCUT2D eigenvalue weighted by Gasteiger charge is -2.24. The average Bonchev–Trinajstić information content (AvgIpc) is 3.19. The van der Waals surface area contributed by atoms with Crippen molar-refractivity contribution in [2.45, 2.75) is 58.5 Å². The largest absolute Gasteiger partial charge is 0.311 e. The first-order valence-electron chi connectivity index (χ1n) is 8.36. The van der Waals surface area contributed by atoms with Crippen molar-refractivity contribution in [1.82, 2.24) is 10.2 Å². The Morgan fingerprint density at radius 3 is 2.33 bits per heavy atom. The molecule has 0 saturated heterocycles. The summed E-state index contributed by atoms with van der Waals surface area (Å²) in [6, 6.07) is 9.20. The first-order chi connectivity index (χ1) is 9.83. The monoisotopic (exact) mass is 288 g/mol. The van der Waals surface area contributed by atoms with E-state index in [0.717, 1.165) is 19.0 Å². The Morgan fingerprint density at radius 2 is 1.81 bits per heavy atom. The standard InChI is InChI=1S/C19H32N2/c1-15(12-20-19(2,3)4)18-10-8-17(9-11-18)14-21(5)13-16-6-7-16/h8-11,15-16,20H,6-7,12-14H2,1-5H3. The van der Waals surface area contributed by atoms with Gasteiger partial charge in [0.25, 0.3) is 0 Å². The lowest BCUT2D eigenvalue weighted by molar-refractivity contribution is 0.313. The molecule has 21 heavy (non-hydrogen) atoms. The molecule has 0 spiro atoms. The Balaban J connectivity index is 1.82. The van der Waals surface area contributed by atoms with Crippen molar-refractivity contribution < 1.29 is 0 Å². The maximum atomic E-state index is 3.59. The van der Waals surface area contributed by atoms with E-state index in [4.69, 9.17) is 0 Å². The molecule has 2 rings (SSSR count). The minimum Gasteiger partial charge on any atom is -0.311 e. The van der Waals surface area contributed by atoms with Crippen LogP contribution >= 0.6 is 0 Å². The SMILES string of the molecule is CC(CNC(C)(C)C)c1ccc(CN(C)CC2CC2)cc1. The van der Waals surface area contributed by atoms with Gasteiger partial charge < -0.3 is 10.2 Å². The van der Waals surface area contributed by atoms with Gasteiger partial charge in [0.05, 0.1) is 0 Å². The van der Waals surface area contributed by atoms with E-state index < -0.39 is 0 Å². The molecule has 0 radical (unpaired) electrons. The van der Waals surface area contributed by atoms with Crippen molar-refractivity contribution in [2.75, 3.05) is 20.1 Å². The van der Waals surface area contributed by atoms with Crippen LogP contribution in [0, 0.1) is 5.92 Å². The molecular formula is C19H32N2. The van der Waals surface area contributed by atoms with Crippen molar-refractivity contribution in [3.8, 4) is 0 Å². The fourth-order valence-corrected chi connectivity index (χ4v) is 2.65. The van der Waals surface area contributed by atoms with Gasteiger partial charge in [-0.2, -0.15) is 0 Å². The second-order valence-electron chi connectivity index (χ2n) is 7.91. The van der Waals surface area contributed by atoms with Gasteiger partial charge >= 0.3 is 0 Å². The van der Waals surface area contributed by atoms with E-state index in [2.05, 4.69) is 69.2 Å². The van der Waals surface area contributed by atoms with E-state index in [1.54, 1.807) is 0 Å². The molecule has 1 unspecified atom stereocenters. The quantitative estimate of drug-likeness (QED) is 0.815. The predicted octanol–water partition coefficient (Wildman–Crippen LogP) is 4.02. The molecule has 2 heteroatoms. The van der Waals surface area contributed by atoms with Crippen LogP contribution in [-0.2, 0) is 6.54 Å². The fourth-order valence-electron chi connectivity index (χ4n) is 2.65. The summed E-state index contributed by atoms with van der Waals surface area (Å²) in [5, 5.41) is 3.59. The summed E-state index contributed by atoms with van der Waals surface area (Å²) >= 11 is 0. The maximum absolute atomic E-state index is 3.59. The highest BCUT2D eigenvalue weighted by atomic mass is 15.1. The van der Waals surface area contributed by atoms with Crippen molar-refractivity contribution in [2.24, 2.45) is 5.92 Å². The van der Waals surface area contributed by atoms with Gasteiger partial charge in [0.2, 0.25) is 0 Å². The molecule has 0 amide bonds. The highest BCUT2D eigenvalue weighted by molar-refractivity contribution is 5.25. The first-order valence-corrected chi connectivity index (χ1v) is 8.36. The Labute approximate surface area is 130 Å². The van der Waals surface area contributed by atoms with Gasteiger partial charge in [0.1, 0.15) is 0 Å². The number of benzene rings is 1. The van der Waals surface area contributed by atoms with Gasteiger partial charge in [-0.1, -0.05) is 31.2 Å². The number of hydrogen-bond donors (Lipinski definition) is 1. The van der Waals surface area contributed by atoms with Gasteiger partial charge in [0, 0.05) is 25.2 Å². The Bertz CT molecular complexity index is 426. The summed E-state index contributed by atoms with van der Waals surface area (Å²) in [6.07, 6.45) is 2.86. The molecule has 1 fully saturated rings. The molecule has 0 aliphatic heterocycles. The van der Waals surface area contributed by atoms with Crippen molar-refractivity contribution in [3.63, 3.8) is 0 Å². The first kappa shape index (κ1) is 16.5. The highest BCUT2D eigenvalue weighted by Crippen LogP contribution is 2.29. The van der Waals surface area contributed by atoms with Gasteiger partial charge in [0.15, 0.2) is 0 Å². The molecule has 1 aromatic rings. The number of nitrogens with one attached hydrogen (secondary N) is 1. The van der Waals surface area contributed by atoms with Crippen molar-refractivity contribution >= 4 is 0 Å². The molecule has 1 saturated carbocycles. The van der Waals surface area contributed by atoms with Crippen molar-refractivity contribution in [1.29, 1.82) is 0 Å². The van der Waals surface area contributed by atoms with Gasteiger partial charge in [-0.05, 0) is 63.6 Å². The van der Waals surface area contributed by atoms with Gasteiger partial charge in [-0.15, -0.1) is 0 Å². The zero-order valence-corrected chi connectivity index (χ0v) is 14.4. The summed E-state index contributed by atoms with van der Waals surface area (Å²) in [7, 11) is 2.24. The van der Waals surface area contributed by atoms with E-state index in [9.17, 15) is 0 Å². The maximum Gasteiger partial charge on any atom is 0.0230 e. The third-order valence-electron chi connectivity index (χ3n) is 4.21. The Morgan fingerprint density at radius 1 is 1.19 bits per heavy atom. The van der Waals surface area contributed by atoms with Crippen LogP contribution in [0.25, 0.3) is 0 Å². The second-order valence-corrected chi connectivity index (χ2v) is 7.91. The Kier molecular flexibility index (Phi) is 5.45.